The van der Waals surface area contributed by atoms with E-state index < -0.39 is 0 Å². The maximum absolute atomic E-state index is 11.7. The predicted octanol–water partition coefficient (Wildman–Crippen LogP) is 7.40. The minimum Gasteiger partial charge on any atom is -0.493 e. The molecule has 0 spiro atoms. The molecule has 0 saturated heterocycles. The van der Waals surface area contributed by atoms with Gasteiger partial charge in [0.1, 0.15) is 23.9 Å². The van der Waals surface area contributed by atoms with E-state index in [1.165, 1.54) is 55.0 Å². The molecule has 2 bridgehead atoms. The highest BCUT2D eigenvalue weighted by atomic mass is 16.5. The van der Waals surface area contributed by atoms with Gasteiger partial charge in [0, 0.05) is 17.5 Å². The molecule has 6 rings (SSSR count). The van der Waals surface area contributed by atoms with Crippen molar-refractivity contribution in [3.8, 4) is 28.4 Å². The molecule has 4 unspecified atom stereocenters. The summed E-state index contributed by atoms with van der Waals surface area (Å²) < 4.78 is 23.1. The molecular weight excluding hydrogens is 488 g/mol. The van der Waals surface area contributed by atoms with Crippen LogP contribution >= 0.6 is 0 Å². The fraction of sp³-hybridized carbons (Fsp3) is 0.441. The number of hydrogen-bond donors (Lipinski definition) is 0. The standard InChI is InChI=1S/C34H38O5/c1-21-11-30(38-19-27-14-23-7-8-25(27)13-23)12-22(2)34(21)26-6-4-5-24(15-26)18-37-29-9-10-31-28(16-33(35)36-3)20-39-32(31)17-29/h4-6,9-12,15,17,23,25,27-28H,7-8,13-14,16,18-20H2,1-3H3. The smallest absolute Gasteiger partial charge is 0.306 e. The van der Waals surface area contributed by atoms with Crippen LogP contribution in [0, 0.1) is 31.6 Å². The number of fused-ring (bicyclic) bond motifs is 3. The minimum absolute atomic E-state index is 0.0271. The zero-order valence-electron chi connectivity index (χ0n) is 23.2. The summed E-state index contributed by atoms with van der Waals surface area (Å²) in [6, 6.07) is 18.8. The lowest BCUT2D eigenvalue weighted by Crippen LogP contribution is -2.18. The summed E-state index contributed by atoms with van der Waals surface area (Å²) in [6.07, 6.45) is 5.92. The maximum atomic E-state index is 11.7. The van der Waals surface area contributed by atoms with Gasteiger partial charge in [0.2, 0.25) is 0 Å². The van der Waals surface area contributed by atoms with Crippen LogP contribution in [0.4, 0.5) is 0 Å². The van der Waals surface area contributed by atoms with E-state index in [0.717, 1.165) is 52.7 Å². The Balaban J connectivity index is 1.10. The van der Waals surface area contributed by atoms with Crippen LogP contribution in [0.15, 0.2) is 54.6 Å². The second-order valence-electron chi connectivity index (χ2n) is 11.7. The average molecular weight is 527 g/mol. The first-order valence-electron chi connectivity index (χ1n) is 14.3. The number of hydrogen-bond acceptors (Lipinski definition) is 5. The fourth-order valence-corrected chi connectivity index (χ4v) is 7.03. The zero-order chi connectivity index (χ0) is 26.9. The fourth-order valence-electron chi connectivity index (χ4n) is 7.03. The van der Waals surface area contributed by atoms with E-state index in [4.69, 9.17) is 18.9 Å². The van der Waals surface area contributed by atoms with Gasteiger partial charge >= 0.3 is 5.97 Å². The van der Waals surface area contributed by atoms with Crippen molar-refractivity contribution in [2.75, 3.05) is 20.3 Å². The van der Waals surface area contributed by atoms with Crippen molar-refractivity contribution in [1.29, 1.82) is 0 Å². The van der Waals surface area contributed by atoms with E-state index in [1.54, 1.807) is 0 Å². The van der Waals surface area contributed by atoms with Gasteiger partial charge in [-0.3, -0.25) is 4.79 Å². The largest absolute Gasteiger partial charge is 0.493 e. The molecule has 1 heterocycles. The summed E-state index contributed by atoms with van der Waals surface area (Å²) in [5.74, 6) is 4.90. The van der Waals surface area contributed by atoms with Gasteiger partial charge in [-0.1, -0.05) is 30.7 Å². The minimum atomic E-state index is -0.222. The van der Waals surface area contributed by atoms with Crippen LogP contribution in [0.1, 0.15) is 60.3 Å². The third kappa shape index (κ3) is 5.50. The molecule has 3 aromatic carbocycles. The highest BCUT2D eigenvalue weighted by molar-refractivity contribution is 5.72. The number of carbonyl (C=O) groups excluding carboxylic acids is 1. The highest BCUT2D eigenvalue weighted by Gasteiger charge is 2.39. The monoisotopic (exact) mass is 526 g/mol. The third-order valence-electron chi connectivity index (χ3n) is 8.98. The molecular formula is C34H38O5. The summed E-state index contributed by atoms with van der Waals surface area (Å²) in [7, 11) is 1.41. The molecule has 1 aliphatic heterocycles. The zero-order valence-corrected chi connectivity index (χ0v) is 23.2. The molecule has 5 nitrogen and oxygen atoms in total. The molecule has 0 radical (unpaired) electrons. The summed E-state index contributed by atoms with van der Waals surface area (Å²) in [6.45, 7) is 6.15. The molecule has 2 saturated carbocycles. The Labute approximate surface area is 231 Å². The number of carbonyl (C=O) groups is 1. The molecule has 0 aromatic heterocycles. The van der Waals surface area contributed by atoms with Crippen molar-refractivity contribution < 1.29 is 23.7 Å². The molecule has 3 aliphatic rings. The lowest BCUT2D eigenvalue weighted by atomic mass is 9.89. The summed E-state index contributed by atoms with van der Waals surface area (Å²) in [5, 5.41) is 0. The van der Waals surface area contributed by atoms with Crippen molar-refractivity contribution >= 4 is 5.97 Å². The van der Waals surface area contributed by atoms with Crippen LogP contribution in [0.3, 0.4) is 0 Å². The van der Waals surface area contributed by atoms with Gasteiger partial charge in [0.15, 0.2) is 0 Å². The summed E-state index contributed by atoms with van der Waals surface area (Å²) >= 11 is 0. The second kappa shape index (κ2) is 11.0. The summed E-state index contributed by atoms with van der Waals surface area (Å²) in [4.78, 5) is 11.7. The Bertz CT molecular complexity index is 1340. The van der Waals surface area contributed by atoms with Crippen molar-refractivity contribution in [1.82, 2.24) is 0 Å². The van der Waals surface area contributed by atoms with Crippen molar-refractivity contribution in [2.24, 2.45) is 17.8 Å². The van der Waals surface area contributed by atoms with Crippen LogP contribution < -0.4 is 14.2 Å². The molecule has 204 valence electrons. The Kier molecular flexibility index (Phi) is 7.24. The number of rotatable bonds is 9. The number of ether oxygens (including phenoxy) is 4. The second-order valence-corrected chi connectivity index (χ2v) is 11.7. The highest BCUT2D eigenvalue weighted by Crippen LogP contribution is 2.48. The lowest BCUT2D eigenvalue weighted by molar-refractivity contribution is -0.141. The van der Waals surface area contributed by atoms with Gasteiger partial charge in [0.25, 0.3) is 0 Å². The number of methoxy groups -OCH3 is 1. The van der Waals surface area contributed by atoms with Gasteiger partial charge in [-0.25, -0.2) is 0 Å². The SMILES string of the molecule is COC(=O)CC1COc2cc(OCc3cccc(-c4c(C)cc(OCC5CC6CCC5C6)cc4C)c3)ccc21. The number of benzene rings is 3. The molecule has 39 heavy (non-hydrogen) atoms. The van der Waals surface area contributed by atoms with E-state index in [-0.39, 0.29) is 11.9 Å². The normalized spacial score (nSPS) is 22.8. The van der Waals surface area contributed by atoms with E-state index in [9.17, 15) is 4.79 Å². The van der Waals surface area contributed by atoms with Crippen LogP contribution in [0.5, 0.6) is 17.2 Å². The third-order valence-corrected chi connectivity index (χ3v) is 8.98. The van der Waals surface area contributed by atoms with E-state index >= 15 is 0 Å². The first-order valence-corrected chi connectivity index (χ1v) is 14.3. The lowest BCUT2D eigenvalue weighted by Gasteiger charge is -2.22. The van der Waals surface area contributed by atoms with Crippen LogP contribution in [-0.2, 0) is 16.1 Å². The van der Waals surface area contributed by atoms with Gasteiger partial charge in [0.05, 0.1) is 26.7 Å². The Morgan fingerprint density at radius 3 is 2.54 bits per heavy atom. The Morgan fingerprint density at radius 1 is 0.949 bits per heavy atom. The van der Waals surface area contributed by atoms with E-state index in [1.807, 2.05) is 18.2 Å². The van der Waals surface area contributed by atoms with Gasteiger partial charge < -0.3 is 18.9 Å². The Hall–Kier alpha value is -3.47. The molecule has 3 aromatic rings. The molecule has 2 fully saturated rings. The van der Waals surface area contributed by atoms with Crippen molar-refractivity contribution in [3.05, 3.63) is 76.9 Å². The van der Waals surface area contributed by atoms with Crippen molar-refractivity contribution in [2.45, 2.75) is 58.5 Å². The van der Waals surface area contributed by atoms with Crippen LogP contribution in [0.25, 0.3) is 11.1 Å². The van der Waals surface area contributed by atoms with Crippen LogP contribution in [-0.4, -0.2) is 26.3 Å². The molecule has 2 aliphatic carbocycles. The van der Waals surface area contributed by atoms with E-state index in [2.05, 4.69) is 50.2 Å². The first kappa shape index (κ1) is 25.8. The van der Waals surface area contributed by atoms with Gasteiger partial charge in [-0.15, -0.1) is 0 Å². The topological polar surface area (TPSA) is 54.0 Å². The van der Waals surface area contributed by atoms with Crippen LogP contribution in [0.2, 0.25) is 0 Å². The molecule has 4 atom stereocenters. The quantitative estimate of drug-likeness (QED) is 0.272. The van der Waals surface area contributed by atoms with Crippen molar-refractivity contribution in [3.63, 3.8) is 0 Å². The molecule has 5 heteroatoms. The maximum Gasteiger partial charge on any atom is 0.306 e. The predicted molar refractivity (Wildman–Crippen MR) is 151 cm³/mol. The summed E-state index contributed by atoms with van der Waals surface area (Å²) in [5.41, 5.74) is 7.04. The number of aryl methyl sites for hydroxylation is 2. The first-order chi connectivity index (χ1) is 19.0. The molecule has 0 amide bonds. The molecule has 0 N–H and O–H groups in total. The van der Waals surface area contributed by atoms with E-state index in [0.29, 0.717) is 19.6 Å². The average Bonchev–Trinajstić information content (AvgIpc) is 3.67. The number of esters is 1. The Morgan fingerprint density at radius 2 is 1.79 bits per heavy atom. The van der Waals surface area contributed by atoms with Gasteiger partial charge in [-0.2, -0.15) is 0 Å². The van der Waals surface area contributed by atoms with Gasteiger partial charge in [-0.05, 0) is 103 Å².